The lowest BCUT2D eigenvalue weighted by molar-refractivity contribution is 0.414. The van der Waals surface area contributed by atoms with Gasteiger partial charge in [-0.3, -0.25) is 0 Å². The molecule has 0 bridgehead atoms. The molecule has 3 nitrogen and oxygen atoms in total. The van der Waals surface area contributed by atoms with Gasteiger partial charge in [-0.2, -0.15) is 0 Å². The number of phenolic OH excluding ortho intramolecular Hbond substituents is 1. The normalized spacial score (nSPS) is 12.2. The van der Waals surface area contributed by atoms with Crippen LogP contribution in [0, 0.1) is 6.92 Å². The number of phenols is 1. The van der Waals surface area contributed by atoms with Crippen molar-refractivity contribution >= 4 is 0 Å². The monoisotopic (exact) mass is 271 g/mol. The van der Waals surface area contributed by atoms with Crippen LogP contribution in [-0.4, -0.2) is 12.2 Å². The lowest BCUT2D eigenvalue weighted by Gasteiger charge is -2.15. The van der Waals surface area contributed by atoms with E-state index in [1.54, 1.807) is 13.2 Å². The fraction of sp³-hybridized carbons (Fsp3) is 0.294. The van der Waals surface area contributed by atoms with E-state index in [9.17, 15) is 5.11 Å². The zero-order valence-corrected chi connectivity index (χ0v) is 12.2. The third-order valence-electron chi connectivity index (χ3n) is 3.45. The molecule has 0 saturated carbocycles. The number of rotatable bonds is 5. The first-order valence-corrected chi connectivity index (χ1v) is 6.76. The fourth-order valence-electron chi connectivity index (χ4n) is 2.13. The Morgan fingerprint density at radius 2 is 1.85 bits per heavy atom. The van der Waals surface area contributed by atoms with Crippen LogP contribution < -0.4 is 10.1 Å². The minimum atomic E-state index is 0.209. The minimum absolute atomic E-state index is 0.209. The largest absolute Gasteiger partial charge is 0.508 e. The van der Waals surface area contributed by atoms with Gasteiger partial charge in [-0.05, 0) is 37.6 Å². The van der Waals surface area contributed by atoms with Crippen LogP contribution in [0.2, 0.25) is 0 Å². The van der Waals surface area contributed by atoms with Gasteiger partial charge < -0.3 is 15.2 Å². The zero-order valence-electron chi connectivity index (χ0n) is 12.2. The Hall–Kier alpha value is -2.00. The maximum Gasteiger partial charge on any atom is 0.120 e. The van der Waals surface area contributed by atoms with Crippen LogP contribution in [0.15, 0.2) is 42.5 Å². The topological polar surface area (TPSA) is 41.5 Å². The number of benzene rings is 2. The number of hydrogen-bond acceptors (Lipinski definition) is 3. The van der Waals surface area contributed by atoms with Crippen molar-refractivity contribution in [3.05, 3.63) is 59.2 Å². The molecule has 1 unspecified atom stereocenters. The molecule has 2 rings (SSSR count). The third-order valence-corrected chi connectivity index (χ3v) is 3.45. The van der Waals surface area contributed by atoms with E-state index in [2.05, 4.69) is 12.2 Å². The van der Waals surface area contributed by atoms with E-state index in [4.69, 9.17) is 4.74 Å². The molecule has 0 aromatic heterocycles. The Labute approximate surface area is 120 Å². The second-order valence-corrected chi connectivity index (χ2v) is 5.01. The molecule has 0 amide bonds. The minimum Gasteiger partial charge on any atom is -0.508 e. The molecular weight excluding hydrogens is 250 g/mol. The van der Waals surface area contributed by atoms with Crippen LogP contribution >= 0.6 is 0 Å². The summed E-state index contributed by atoms with van der Waals surface area (Å²) >= 11 is 0. The summed E-state index contributed by atoms with van der Waals surface area (Å²) in [4.78, 5) is 0. The Morgan fingerprint density at radius 3 is 2.50 bits per heavy atom. The van der Waals surface area contributed by atoms with Crippen molar-refractivity contribution in [2.75, 3.05) is 7.11 Å². The van der Waals surface area contributed by atoms with Gasteiger partial charge in [0.25, 0.3) is 0 Å². The average Bonchev–Trinajstić information content (AvgIpc) is 2.48. The summed E-state index contributed by atoms with van der Waals surface area (Å²) < 4.78 is 5.15. The van der Waals surface area contributed by atoms with Gasteiger partial charge in [0.1, 0.15) is 11.5 Å². The van der Waals surface area contributed by atoms with Crippen LogP contribution in [-0.2, 0) is 6.54 Å². The molecule has 3 heteroatoms. The van der Waals surface area contributed by atoms with Gasteiger partial charge in [-0.15, -0.1) is 0 Å². The fourth-order valence-corrected chi connectivity index (χ4v) is 2.13. The number of hydrogen-bond donors (Lipinski definition) is 2. The van der Waals surface area contributed by atoms with Gasteiger partial charge in [0.15, 0.2) is 0 Å². The molecule has 106 valence electrons. The van der Waals surface area contributed by atoms with E-state index in [0.717, 1.165) is 16.9 Å². The van der Waals surface area contributed by atoms with E-state index >= 15 is 0 Å². The molecule has 0 fully saturated rings. The summed E-state index contributed by atoms with van der Waals surface area (Å²) in [7, 11) is 1.66. The van der Waals surface area contributed by atoms with E-state index in [-0.39, 0.29) is 6.04 Å². The molecule has 0 saturated heterocycles. The smallest absolute Gasteiger partial charge is 0.120 e. The van der Waals surface area contributed by atoms with E-state index in [0.29, 0.717) is 12.3 Å². The SMILES string of the molecule is COc1ccc(C(C)NCc2cc(C)ccc2O)cc1. The standard InChI is InChI=1S/C17H21NO2/c1-12-4-9-17(19)15(10-12)11-18-13(2)14-5-7-16(20-3)8-6-14/h4-10,13,18-19H,11H2,1-3H3. The molecule has 2 aromatic carbocycles. The summed E-state index contributed by atoms with van der Waals surface area (Å²) in [5.41, 5.74) is 3.26. The van der Waals surface area contributed by atoms with E-state index < -0.39 is 0 Å². The molecule has 0 heterocycles. The zero-order chi connectivity index (χ0) is 14.5. The molecule has 0 spiro atoms. The van der Waals surface area contributed by atoms with Crippen molar-refractivity contribution < 1.29 is 9.84 Å². The van der Waals surface area contributed by atoms with Crippen molar-refractivity contribution in [3.63, 3.8) is 0 Å². The first kappa shape index (κ1) is 14.4. The van der Waals surface area contributed by atoms with Crippen LogP contribution in [0.5, 0.6) is 11.5 Å². The highest BCUT2D eigenvalue weighted by molar-refractivity contribution is 5.36. The lowest BCUT2D eigenvalue weighted by atomic mass is 10.1. The predicted octanol–water partition coefficient (Wildman–Crippen LogP) is 3.56. The molecule has 2 N–H and O–H groups in total. The number of aromatic hydroxyl groups is 1. The molecule has 0 aliphatic heterocycles. The maximum absolute atomic E-state index is 9.83. The molecule has 0 aliphatic rings. The highest BCUT2D eigenvalue weighted by Crippen LogP contribution is 2.21. The van der Waals surface area contributed by atoms with E-state index in [1.807, 2.05) is 43.3 Å². The highest BCUT2D eigenvalue weighted by atomic mass is 16.5. The summed E-state index contributed by atoms with van der Waals surface area (Å²) in [6, 6.07) is 13.9. The average molecular weight is 271 g/mol. The maximum atomic E-state index is 9.83. The van der Waals surface area contributed by atoms with Crippen LogP contribution in [0.25, 0.3) is 0 Å². The van der Waals surface area contributed by atoms with Crippen LogP contribution in [0.1, 0.15) is 29.7 Å². The van der Waals surface area contributed by atoms with Gasteiger partial charge in [0, 0.05) is 18.2 Å². The first-order valence-electron chi connectivity index (χ1n) is 6.76. The van der Waals surface area contributed by atoms with Crippen molar-refractivity contribution in [2.24, 2.45) is 0 Å². The molecule has 0 radical (unpaired) electrons. The molecule has 1 atom stereocenters. The summed E-state index contributed by atoms with van der Waals surface area (Å²) in [6.07, 6.45) is 0. The van der Waals surface area contributed by atoms with Crippen molar-refractivity contribution in [3.8, 4) is 11.5 Å². The Morgan fingerprint density at radius 1 is 1.15 bits per heavy atom. The van der Waals surface area contributed by atoms with Crippen molar-refractivity contribution in [2.45, 2.75) is 26.4 Å². The Bertz CT molecular complexity index is 564. The van der Waals surface area contributed by atoms with Gasteiger partial charge >= 0.3 is 0 Å². The number of aryl methyl sites for hydroxylation is 1. The molecule has 20 heavy (non-hydrogen) atoms. The second kappa shape index (κ2) is 6.44. The summed E-state index contributed by atoms with van der Waals surface area (Å²) in [5.74, 6) is 1.20. The number of ether oxygens (including phenoxy) is 1. The second-order valence-electron chi connectivity index (χ2n) is 5.01. The Balaban J connectivity index is 2.00. The van der Waals surface area contributed by atoms with E-state index in [1.165, 1.54) is 5.56 Å². The third kappa shape index (κ3) is 3.52. The van der Waals surface area contributed by atoms with Crippen LogP contribution in [0.3, 0.4) is 0 Å². The van der Waals surface area contributed by atoms with Gasteiger partial charge in [-0.25, -0.2) is 0 Å². The highest BCUT2D eigenvalue weighted by Gasteiger charge is 2.07. The van der Waals surface area contributed by atoms with Crippen molar-refractivity contribution in [1.82, 2.24) is 5.32 Å². The molecule has 2 aromatic rings. The summed E-state index contributed by atoms with van der Waals surface area (Å²) in [5, 5.41) is 13.3. The Kier molecular flexibility index (Phi) is 4.64. The van der Waals surface area contributed by atoms with Crippen LogP contribution in [0.4, 0.5) is 0 Å². The number of methoxy groups -OCH3 is 1. The molecule has 0 aliphatic carbocycles. The lowest BCUT2D eigenvalue weighted by Crippen LogP contribution is -2.18. The van der Waals surface area contributed by atoms with Gasteiger partial charge in [0.2, 0.25) is 0 Å². The first-order chi connectivity index (χ1) is 9.60. The van der Waals surface area contributed by atoms with Crippen molar-refractivity contribution in [1.29, 1.82) is 0 Å². The predicted molar refractivity (Wildman–Crippen MR) is 81.1 cm³/mol. The number of nitrogens with one attached hydrogen (secondary N) is 1. The van der Waals surface area contributed by atoms with Gasteiger partial charge in [0.05, 0.1) is 7.11 Å². The molecular formula is C17H21NO2. The van der Waals surface area contributed by atoms with Gasteiger partial charge in [-0.1, -0.05) is 29.8 Å². The summed E-state index contributed by atoms with van der Waals surface area (Å²) in [6.45, 7) is 4.77. The quantitative estimate of drug-likeness (QED) is 0.873.